The molecule has 0 saturated heterocycles. The van der Waals surface area contributed by atoms with Gasteiger partial charge in [-0.25, -0.2) is 19.2 Å². The normalized spacial score (nSPS) is 11.7. The first-order valence-electron chi connectivity index (χ1n) is 12.6. The third-order valence-electron chi connectivity index (χ3n) is 3.38. The summed E-state index contributed by atoms with van der Waals surface area (Å²) in [5.41, 5.74) is 14.1. The van der Waals surface area contributed by atoms with E-state index in [0.29, 0.717) is 13.1 Å². The molecule has 0 saturated carbocycles. The van der Waals surface area contributed by atoms with Gasteiger partial charge < -0.3 is 52.1 Å². The molecule has 0 bridgehead atoms. The van der Waals surface area contributed by atoms with Crippen molar-refractivity contribution in [3.8, 4) is 0 Å². The SMILES string of the molecule is C=CCOC(=O)Cl.C=CCOC(=O)NC(C)CN.C=CCOC(=O)NC(C)CNC(=O)OC(C)(C)C.CC(N)CN. The van der Waals surface area contributed by atoms with Crippen LogP contribution in [0.2, 0.25) is 0 Å². The molecule has 41 heavy (non-hydrogen) atoms. The molecule has 0 rings (SSSR count). The van der Waals surface area contributed by atoms with E-state index in [0.717, 1.165) is 0 Å². The molecule has 0 aromatic heterocycles. The van der Waals surface area contributed by atoms with E-state index in [-0.39, 0.29) is 44.5 Å². The second kappa shape index (κ2) is 29.6. The van der Waals surface area contributed by atoms with Crippen LogP contribution in [0.25, 0.3) is 0 Å². The van der Waals surface area contributed by atoms with Gasteiger partial charge in [0.05, 0.1) is 0 Å². The molecule has 3 atom stereocenters. The molecule has 0 aliphatic rings. The van der Waals surface area contributed by atoms with Gasteiger partial charge in [0.2, 0.25) is 0 Å². The summed E-state index contributed by atoms with van der Waals surface area (Å²) in [5, 5.41) is 7.63. The Morgan fingerprint density at radius 2 is 1.17 bits per heavy atom. The molecule has 9 N–H and O–H groups in total. The quantitative estimate of drug-likeness (QED) is 0.107. The summed E-state index contributed by atoms with van der Waals surface area (Å²) in [6.45, 7) is 22.7. The number of rotatable bonds is 12. The summed E-state index contributed by atoms with van der Waals surface area (Å²) >= 11 is 4.75. The van der Waals surface area contributed by atoms with Gasteiger partial charge in [-0.15, -0.1) is 0 Å². The highest BCUT2D eigenvalue weighted by molar-refractivity contribution is 6.61. The molecule has 15 heteroatoms. The van der Waals surface area contributed by atoms with Gasteiger partial charge in [0.25, 0.3) is 0 Å². The lowest BCUT2D eigenvalue weighted by molar-refractivity contribution is 0.0522. The van der Waals surface area contributed by atoms with E-state index >= 15 is 0 Å². The van der Waals surface area contributed by atoms with Crippen LogP contribution in [0.1, 0.15) is 41.5 Å². The summed E-state index contributed by atoms with van der Waals surface area (Å²) in [6.07, 6.45) is 2.91. The lowest BCUT2D eigenvalue weighted by Crippen LogP contribution is -2.43. The van der Waals surface area contributed by atoms with Gasteiger partial charge in [0.15, 0.2) is 0 Å². The average molecular weight is 611 g/mol. The van der Waals surface area contributed by atoms with Crippen LogP contribution in [0.5, 0.6) is 0 Å². The molecule has 14 nitrogen and oxygen atoms in total. The van der Waals surface area contributed by atoms with E-state index in [1.807, 2.05) is 6.92 Å². The number of hydrogen-bond donors (Lipinski definition) is 6. The zero-order chi connectivity index (χ0) is 32.9. The van der Waals surface area contributed by atoms with Crippen LogP contribution in [-0.2, 0) is 18.9 Å². The molecule has 0 heterocycles. The minimum absolute atomic E-state index is 0.0488. The molecule has 0 radical (unpaired) electrons. The van der Waals surface area contributed by atoms with Gasteiger partial charge in [-0.2, -0.15) is 0 Å². The number of carbonyl (C=O) groups is 4. The fraction of sp³-hybridized carbons (Fsp3) is 0.615. The highest BCUT2D eigenvalue weighted by atomic mass is 35.5. The molecule has 0 aromatic rings. The van der Waals surface area contributed by atoms with Gasteiger partial charge in [0.1, 0.15) is 25.4 Å². The zero-order valence-electron chi connectivity index (χ0n) is 25.2. The topological polar surface area (TPSA) is 219 Å². The smallest absolute Gasteiger partial charge is 0.407 e. The van der Waals surface area contributed by atoms with Gasteiger partial charge in [-0.1, -0.05) is 38.0 Å². The van der Waals surface area contributed by atoms with Crippen LogP contribution in [0, 0.1) is 0 Å². The van der Waals surface area contributed by atoms with Crippen molar-refractivity contribution < 1.29 is 38.1 Å². The first-order valence-corrected chi connectivity index (χ1v) is 13.0. The van der Waals surface area contributed by atoms with Gasteiger partial charge in [0, 0.05) is 49.4 Å². The van der Waals surface area contributed by atoms with E-state index < -0.39 is 29.3 Å². The third-order valence-corrected chi connectivity index (χ3v) is 3.49. The number of alkyl carbamates (subject to hydrolysis) is 3. The number of nitrogens with one attached hydrogen (secondary N) is 3. The van der Waals surface area contributed by atoms with Crippen molar-refractivity contribution in [2.24, 2.45) is 17.2 Å². The summed E-state index contributed by atoms with van der Waals surface area (Å²) in [7, 11) is 0. The summed E-state index contributed by atoms with van der Waals surface area (Å²) in [6, 6.07) is -0.142. The van der Waals surface area contributed by atoms with E-state index in [9.17, 15) is 19.2 Å². The third kappa shape index (κ3) is 46.9. The Hall–Kier alpha value is -3.33. The van der Waals surface area contributed by atoms with Crippen LogP contribution in [0.4, 0.5) is 19.2 Å². The molecular weight excluding hydrogens is 560 g/mol. The highest BCUT2D eigenvalue weighted by Crippen LogP contribution is 2.06. The standard InChI is InChI=1S/C12H22N2O4.C7H14N2O2.C4H5ClO2.C3H10N2/c1-6-7-17-11(16)14-9(2)8-13-10(15)18-12(3,4)5;1-3-4-11-7(10)9-6(2)5-8;1-2-3-7-4(5)6;1-3(5)2-4/h6,9H,1,7-8H2,2-5H3,(H,13,15)(H,14,16);3,6H,1,4-5,8H2,2H3,(H,9,10);2H,1,3H2;3H,2,4-5H2,1H3. The maximum Gasteiger partial charge on any atom is 0.407 e. The van der Waals surface area contributed by atoms with Crippen molar-refractivity contribution in [2.75, 3.05) is 39.5 Å². The number of carbonyl (C=O) groups excluding carboxylic acids is 4. The zero-order valence-corrected chi connectivity index (χ0v) is 26.0. The molecule has 240 valence electrons. The number of hydrogen-bond acceptors (Lipinski definition) is 11. The monoisotopic (exact) mass is 610 g/mol. The minimum Gasteiger partial charge on any atom is -0.449 e. The second-order valence-electron chi connectivity index (χ2n) is 9.03. The van der Waals surface area contributed by atoms with Crippen molar-refractivity contribution in [1.82, 2.24) is 16.0 Å². The van der Waals surface area contributed by atoms with Gasteiger partial charge >= 0.3 is 23.7 Å². The van der Waals surface area contributed by atoms with Crippen LogP contribution in [-0.4, -0.2) is 86.9 Å². The van der Waals surface area contributed by atoms with E-state index in [1.165, 1.54) is 18.2 Å². The molecule has 0 aliphatic heterocycles. The molecule has 0 aliphatic carbocycles. The van der Waals surface area contributed by atoms with Crippen molar-refractivity contribution in [3.05, 3.63) is 38.0 Å². The van der Waals surface area contributed by atoms with Crippen LogP contribution in [0.15, 0.2) is 38.0 Å². The van der Waals surface area contributed by atoms with Crippen molar-refractivity contribution in [2.45, 2.75) is 65.3 Å². The Morgan fingerprint density at radius 3 is 1.46 bits per heavy atom. The Morgan fingerprint density at radius 1 is 0.780 bits per heavy atom. The Kier molecular flexibility index (Phi) is 32.3. The lowest BCUT2D eigenvalue weighted by Gasteiger charge is -2.21. The molecule has 0 aromatic carbocycles. The maximum atomic E-state index is 11.3. The predicted octanol–water partition coefficient (Wildman–Crippen LogP) is 2.90. The van der Waals surface area contributed by atoms with Gasteiger partial charge in [-0.3, -0.25) is 0 Å². The Bertz CT molecular complexity index is 748. The van der Waals surface area contributed by atoms with Gasteiger partial charge in [-0.05, 0) is 41.5 Å². The largest absolute Gasteiger partial charge is 0.449 e. The average Bonchev–Trinajstić information content (AvgIpc) is 2.88. The summed E-state index contributed by atoms with van der Waals surface area (Å²) < 4.78 is 18.6. The molecule has 3 unspecified atom stereocenters. The van der Waals surface area contributed by atoms with E-state index in [1.54, 1.807) is 34.6 Å². The first-order chi connectivity index (χ1) is 19.0. The minimum atomic E-state index is -0.792. The first kappa shape index (κ1) is 44.7. The molecule has 0 fully saturated rings. The lowest BCUT2D eigenvalue weighted by atomic mass is 10.2. The predicted molar refractivity (Wildman–Crippen MR) is 162 cm³/mol. The number of amides is 3. The second-order valence-corrected chi connectivity index (χ2v) is 9.34. The summed E-state index contributed by atoms with van der Waals surface area (Å²) in [4.78, 5) is 42.9. The number of halogens is 1. The summed E-state index contributed by atoms with van der Waals surface area (Å²) in [5.74, 6) is 0. The Labute approximate surface area is 249 Å². The number of nitrogens with two attached hydrogens (primary N) is 3. The fourth-order valence-corrected chi connectivity index (χ4v) is 1.60. The fourth-order valence-electron chi connectivity index (χ4n) is 1.54. The molecular formula is C26H51ClN6O8. The highest BCUT2D eigenvalue weighted by Gasteiger charge is 2.17. The van der Waals surface area contributed by atoms with Crippen molar-refractivity contribution in [3.63, 3.8) is 0 Å². The molecule has 0 spiro atoms. The van der Waals surface area contributed by atoms with Crippen LogP contribution in [0.3, 0.4) is 0 Å². The maximum absolute atomic E-state index is 11.3. The van der Waals surface area contributed by atoms with Crippen LogP contribution < -0.4 is 33.2 Å². The van der Waals surface area contributed by atoms with Crippen molar-refractivity contribution in [1.29, 1.82) is 0 Å². The van der Waals surface area contributed by atoms with E-state index in [2.05, 4.69) is 45.2 Å². The van der Waals surface area contributed by atoms with Crippen molar-refractivity contribution >= 4 is 35.3 Å². The Balaban J connectivity index is -0.000000252. The van der Waals surface area contributed by atoms with Crippen LogP contribution >= 0.6 is 11.6 Å². The van der Waals surface area contributed by atoms with E-state index in [4.69, 9.17) is 38.3 Å². The molecule has 3 amide bonds. The number of ether oxygens (including phenoxy) is 4.